The lowest BCUT2D eigenvalue weighted by Gasteiger charge is -2.06. The van der Waals surface area contributed by atoms with Crippen LogP contribution in [0.5, 0.6) is 0 Å². The Morgan fingerprint density at radius 1 is 1.20 bits per heavy atom. The van der Waals surface area contributed by atoms with Gasteiger partial charge in [-0.05, 0) is 36.8 Å². The molecule has 4 heteroatoms. The number of rotatable bonds is 3. The van der Waals surface area contributed by atoms with Crippen LogP contribution in [-0.4, -0.2) is 9.55 Å². The summed E-state index contributed by atoms with van der Waals surface area (Å²) in [4.78, 5) is 4.64. The number of aromatic nitrogens is 2. The summed E-state index contributed by atoms with van der Waals surface area (Å²) in [5.74, 6) is 0.538. The van der Waals surface area contributed by atoms with Gasteiger partial charge in [0.05, 0.1) is 11.0 Å². The van der Waals surface area contributed by atoms with Crippen LogP contribution in [0.25, 0.3) is 22.4 Å². The number of aryl methyl sites for hydroxylation is 1. The monoisotopic (exact) mass is 269 g/mol. The first-order valence-corrected chi connectivity index (χ1v) is 6.68. The van der Waals surface area contributed by atoms with Crippen LogP contribution in [0.4, 0.5) is 4.39 Å². The van der Waals surface area contributed by atoms with Crippen LogP contribution in [-0.2, 0) is 13.1 Å². The van der Waals surface area contributed by atoms with Crippen LogP contribution in [0.1, 0.15) is 12.5 Å². The van der Waals surface area contributed by atoms with E-state index in [-0.39, 0.29) is 5.82 Å². The van der Waals surface area contributed by atoms with Crippen LogP contribution < -0.4 is 5.73 Å². The summed E-state index contributed by atoms with van der Waals surface area (Å²) in [5, 5.41) is 0. The van der Waals surface area contributed by atoms with Gasteiger partial charge in [-0.2, -0.15) is 0 Å². The topological polar surface area (TPSA) is 43.8 Å². The fraction of sp³-hybridized carbons (Fsp3) is 0.188. The van der Waals surface area contributed by atoms with Gasteiger partial charge in [0.15, 0.2) is 0 Å². The van der Waals surface area contributed by atoms with Crippen molar-refractivity contribution in [2.45, 2.75) is 20.0 Å². The molecule has 2 aromatic carbocycles. The Morgan fingerprint density at radius 3 is 2.75 bits per heavy atom. The highest BCUT2D eigenvalue weighted by Crippen LogP contribution is 2.26. The molecule has 2 N–H and O–H groups in total. The quantitative estimate of drug-likeness (QED) is 0.792. The van der Waals surface area contributed by atoms with E-state index in [9.17, 15) is 4.39 Å². The Morgan fingerprint density at radius 2 is 2.05 bits per heavy atom. The van der Waals surface area contributed by atoms with E-state index in [1.807, 2.05) is 24.3 Å². The Labute approximate surface area is 116 Å². The molecule has 20 heavy (non-hydrogen) atoms. The maximum atomic E-state index is 13.4. The molecule has 0 fully saturated rings. The van der Waals surface area contributed by atoms with Gasteiger partial charge in [0, 0.05) is 18.7 Å². The highest BCUT2D eigenvalue weighted by molar-refractivity contribution is 5.81. The van der Waals surface area contributed by atoms with E-state index in [2.05, 4.69) is 16.5 Å². The fourth-order valence-electron chi connectivity index (χ4n) is 2.47. The number of nitrogens with two attached hydrogens (primary N) is 1. The molecule has 0 aliphatic carbocycles. The van der Waals surface area contributed by atoms with Gasteiger partial charge in [-0.3, -0.25) is 0 Å². The van der Waals surface area contributed by atoms with E-state index >= 15 is 0 Å². The third-order valence-corrected chi connectivity index (χ3v) is 3.45. The minimum Gasteiger partial charge on any atom is -0.326 e. The predicted molar refractivity (Wildman–Crippen MR) is 78.7 cm³/mol. The normalized spacial score (nSPS) is 11.2. The van der Waals surface area contributed by atoms with Gasteiger partial charge < -0.3 is 10.3 Å². The van der Waals surface area contributed by atoms with Crippen LogP contribution >= 0.6 is 0 Å². The molecule has 0 atom stereocenters. The van der Waals surface area contributed by atoms with E-state index in [1.54, 1.807) is 6.07 Å². The largest absolute Gasteiger partial charge is 0.326 e. The second kappa shape index (κ2) is 5.06. The van der Waals surface area contributed by atoms with Crippen LogP contribution in [0.2, 0.25) is 0 Å². The van der Waals surface area contributed by atoms with E-state index in [4.69, 9.17) is 5.73 Å². The molecule has 0 saturated heterocycles. The van der Waals surface area contributed by atoms with Crippen LogP contribution in [0.15, 0.2) is 42.5 Å². The number of nitrogens with zero attached hydrogens (tertiary/aromatic N) is 2. The lowest BCUT2D eigenvalue weighted by atomic mass is 10.2. The second-order valence-electron chi connectivity index (χ2n) is 4.72. The van der Waals surface area contributed by atoms with Crippen LogP contribution in [0, 0.1) is 5.82 Å². The standard InChI is InChI=1S/C16H16FN3/c1-2-20-15-7-6-11(10-18)8-14(15)19-16(20)12-4-3-5-13(17)9-12/h3-9H,2,10,18H2,1H3. The Hall–Kier alpha value is -2.20. The van der Waals surface area contributed by atoms with Crippen molar-refractivity contribution < 1.29 is 4.39 Å². The van der Waals surface area contributed by atoms with Crippen molar-refractivity contribution in [1.82, 2.24) is 9.55 Å². The van der Waals surface area contributed by atoms with E-state index < -0.39 is 0 Å². The lowest BCUT2D eigenvalue weighted by molar-refractivity contribution is 0.628. The summed E-state index contributed by atoms with van der Waals surface area (Å²) in [6.07, 6.45) is 0. The summed E-state index contributed by atoms with van der Waals surface area (Å²) < 4.78 is 15.5. The molecule has 0 saturated carbocycles. The zero-order valence-electron chi connectivity index (χ0n) is 11.3. The maximum Gasteiger partial charge on any atom is 0.141 e. The highest BCUT2D eigenvalue weighted by Gasteiger charge is 2.12. The molecule has 3 aromatic rings. The van der Waals surface area contributed by atoms with E-state index in [1.165, 1.54) is 12.1 Å². The van der Waals surface area contributed by atoms with Gasteiger partial charge in [0.1, 0.15) is 11.6 Å². The van der Waals surface area contributed by atoms with Gasteiger partial charge in [0.25, 0.3) is 0 Å². The van der Waals surface area contributed by atoms with Gasteiger partial charge in [-0.1, -0.05) is 18.2 Å². The number of hydrogen-bond donors (Lipinski definition) is 1. The van der Waals surface area contributed by atoms with Crippen molar-refractivity contribution >= 4 is 11.0 Å². The number of hydrogen-bond acceptors (Lipinski definition) is 2. The average Bonchev–Trinajstić information content (AvgIpc) is 2.84. The number of imidazole rings is 1. The van der Waals surface area contributed by atoms with Gasteiger partial charge >= 0.3 is 0 Å². The number of fused-ring (bicyclic) bond motifs is 1. The molecular formula is C16H16FN3. The third-order valence-electron chi connectivity index (χ3n) is 3.45. The molecular weight excluding hydrogens is 253 g/mol. The van der Waals surface area contributed by atoms with Crippen molar-refractivity contribution in [2.24, 2.45) is 5.73 Å². The molecule has 0 aliphatic rings. The molecule has 0 bridgehead atoms. The van der Waals surface area contributed by atoms with Gasteiger partial charge in [0.2, 0.25) is 0 Å². The summed E-state index contributed by atoms with van der Waals surface area (Å²) in [7, 11) is 0. The fourth-order valence-corrected chi connectivity index (χ4v) is 2.47. The first-order chi connectivity index (χ1) is 9.72. The van der Waals surface area contributed by atoms with E-state index in [0.29, 0.717) is 6.54 Å². The van der Waals surface area contributed by atoms with Crippen molar-refractivity contribution in [3.05, 3.63) is 53.8 Å². The molecule has 3 nitrogen and oxygen atoms in total. The third kappa shape index (κ3) is 2.08. The van der Waals surface area contributed by atoms with Crippen molar-refractivity contribution in [3.8, 4) is 11.4 Å². The van der Waals surface area contributed by atoms with Crippen molar-refractivity contribution in [2.75, 3.05) is 0 Å². The van der Waals surface area contributed by atoms with Crippen molar-refractivity contribution in [3.63, 3.8) is 0 Å². The second-order valence-corrected chi connectivity index (χ2v) is 4.72. The molecule has 0 aliphatic heterocycles. The number of halogens is 1. The zero-order valence-corrected chi connectivity index (χ0v) is 11.3. The smallest absolute Gasteiger partial charge is 0.141 e. The zero-order chi connectivity index (χ0) is 14.1. The van der Waals surface area contributed by atoms with E-state index in [0.717, 1.165) is 34.5 Å². The minimum absolute atomic E-state index is 0.250. The van der Waals surface area contributed by atoms with Gasteiger partial charge in [-0.15, -0.1) is 0 Å². The van der Waals surface area contributed by atoms with Crippen molar-refractivity contribution in [1.29, 1.82) is 0 Å². The Bertz CT molecular complexity index is 762. The molecule has 1 heterocycles. The summed E-state index contributed by atoms with van der Waals surface area (Å²) in [6, 6.07) is 12.6. The summed E-state index contributed by atoms with van der Waals surface area (Å²) in [5.41, 5.74) is 9.44. The molecule has 0 unspecified atom stereocenters. The molecule has 0 spiro atoms. The first-order valence-electron chi connectivity index (χ1n) is 6.68. The van der Waals surface area contributed by atoms with Gasteiger partial charge in [-0.25, -0.2) is 9.37 Å². The lowest BCUT2D eigenvalue weighted by Crippen LogP contribution is -1.98. The highest BCUT2D eigenvalue weighted by atomic mass is 19.1. The molecule has 1 aromatic heterocycles. The molecule has 102 valence electrons. The Kier molecular flexibility index (Phi) is 3.24. The molecule has 3 rings (SSSR count). The molecule has 0 amide bonds. The SMILES string of the molecule is CCn1c(-c2cccc(F)c2)nc2cc(CN)ccc21. The first kappa shape index (κ1) is 12.8. The minimum atomic E-state index is -0.250. The van der Waals surface area contributed by atoms with Crippen LogP contribution in [0.3, 0.4) is 0 Å². The summed E-state index contributed by atoms with van der Waals surface area (Å²) in [6.45, 7) is 3.33. The number of benzene rings is 2. The molecule has 0 radical (unpaired) electrons. The summed E-state index contributed by atoms with van der Waals surface area (Å²) >= 11 is 0. The predicted octanol–water partition coefficient (Wildman–Crippen LogP) is 3.32. The average molecular weight is 269 g/mol. The Balaban J connectivity index is 2.24. The maximum absolute atomic E-state index is 13.4.